The van der Waals surface area contributed by atoms with E-state index in [9.17, 15) is 0 Å². The van der Waals surface area contributed by atoms with Crippen LogP contribution in [0.4, 0.5) is 0 Å². The Labute approximate surface area is 127 Å². The Hall–Kier alpha value is -0.770. The molecule has 0 aromatic heterocycles. The first-order chi connectivity index (χ1) is 9.44. The maximum Gasteiger partial charge on any atom is 0.142 e. The number of ether oxygens (including phenoxy) is 2. The van der Waals surface area contributed by atoms with Gasteiger partial charge in [0.25, 0.3) is 0 Å². The molecule has 0 amide bonds. The molecule has 1 rings (SSSR count). The summed E-state index contributed by atoms with van der Waals surface area (Å²) in [4.78, 5) is 0. The molecule has 0 saturated carbocycles. The van der Waals surface area contributed by atoms with Crippen LogP contribution >= 0.6 is 11.6 Å². The normalized spacial score (nSPS) is 11.7. The Kier molecular flexibility index (Phi) is 7.35. The minimum atomic E-state index is 0.0593. The first kappa shape index (κ1) is 17.3. The molecular weight excluding hydrogens is 274 g/mol. The lowest BCUT2D eigenvalue weighted by Crippen LogP contribution is -2.35. The van der Waals surface area contributed by atoms with E-state index in [0.29, 0.717) is 18.2 Å². The lowest BCUT2D eigenvalue weighted by Gasteiger charge is -2.22. The summed E-state index contributed by atoms with van der Waals surface area (Å²) in [5, 5.41) is 4.09. The fourth-order valence-corrected chi connectivity index (χ4v) is 1.91. The molecule has 0 bridgehead atoms. The molecule has 0 atom stereocenters. The highest BCUT2D eigenvalue weighted by molar-refractivity contribution is 6.32. The Bertz CT molecular complexity index is 402. The zero-order valence-corrected chi connectivity index (χ0v) is 13.7. The maximum absolute atomic E-state index is 6.23. The number of hydrogen-bond donors (Lipinski definition) is 1. The summed E-state index contributed by atoms with van der Waals surface area (Å²) in [5.41, 5.74) is 1.13. The van der Waals surface area contributed by atoms with Crippen LogP contribution in [0.15, 0.2) is 18.2 Å². The van der Waals surface area contributed by atoms with Gasteiger partial charge in [0.15, 0.2) is 0 Å². The molecule has 0 fully saturated rings. The number of hydrogen-bond acceptors (Lipinski definition) is 3. The summed E-state index contributed by atoms with van der Waals surface area (Å²) in [6.45, 7) is 11.1. The van der Waals surface area contributed by atoms with Gasteiger partial charge in [0.05, 0.1) is 11.6 Å². The molecule has 114 valence electrons. The van der Waals surface area contributed by atoms with E-state index in [2.05, 4.69) is 33.0 Å². The molecule has 0 unspecified atom stereocenters. The van der Waals surface area contributed by atoms with Crippen LogP contribution in [0.5, 0.6) is 5.75 Å². The summed E-state index contributed by atoms with van der Waals surface area (Å²) < 4.78 is 11.2. The fourth-order valence-electron chi connectivity index (χ4n) is 1.66. The van der Waals surface area contributed by atoms with E-state index in [0.717, 1.165) is 30.9 Å². The second-order valence-corrected chi connectivity index (χ2v) is 6.20. The van der Waals surface area contributed by atoms with Crippen LogP contribution in [-0.2, 0) is 11.3 Å². The molecule has 0 aliphatic heterocycles. The van der Waals surface area contributed by atoms with E-state index in [4.69, 9.17) is 21.1 Å². The predicted molar refractivity (Wildman–Crippen MR) is 84.6 cm³/mol. The van der Waals surface area contributed by atoms with Crippen molar-refractivity contribution in [1.82, 2.24) is 5.32 Å². The van der Waals surface area contributed by atoms with E-state index in [1.54, 1.807) is 0 Å². The highest BCUT2D eigenvalue weighted by atomic mass is 35.5. The molecule has 0 spiro atoms. The largest absolute Gasteiger partial charge is 0.489 e. The van der Waals surface area contributed by atoms with Gasteiger partial charge in [-0.1, -0.05) is 30.7 Å². The zero-order chi connectivity index (χ0) is 15.0. The number of benzene rings is 1. The van der Waals surface area contributed by atoms with Crippen molar-refractivity contribution < 1.29 is 9.47 Å². The van der Waals surface area contributed by atoms with E-state index in [-0.39, 0.29) is 5.54 Å². The molecule has 0 heterocycles. The number of para-hydroxylation sites is 1. The quantitative estimate of drug-likeness (QED) is 0.735. The molecule has 20 heavy (non-hydrogen) atoms. The lowest BCUT2D eigenvalue weighted by atomic mass is 10.1. The molecule has 0 saturated heterocycles. The molecule has 1 N–H and O–H groups in total. The Morgan fingerprint density at radius 2 is 1.90 bits per heavy atom. The van der Waals surface area contributed by atoms with Crippen molar-refractivity contribution in [2.24, 2.45) is 0 Å². The van der Waals surface area contributed by atoms with Crippen LogP contribution < -0.4 is 10.1 Å². The van der Waals surface area contributed by atoms with Gasteiger partial charge in [0.2, 0.25) is 0 Å². The van der Waals surface area contributed by atoms with E-state index in [1.807, 2.05) is 18.2 Å². The van der Waals surface area contributed by atoms with Gasteiger partial charge < -0.3 is 14.8 Å². The topological polar surface area (TPSA) is 30.5 Å². The lowest BCUT2D eigenvalue weighted by molar-refractivity contribution is 0.100. The monoisotopic (exact) mass is 299 g/mol. The second-order valence-electron chi connectivity index (χ2n) is 5.79. The summed E-state index contributed by atoms with van der Waals surface area (Å²) >= 11 is 6.23. The minimum Gasteiger partial charge on any atom is -0.489 e. The van der Waals surface area contributed by atoms with Crippen LogP contribution in [-0.4, -0.2) is 25.4 Å². The molecular formula is C16H26ClNO2. The maximum atomic E-state index is 6.23. The third-order valence-corrected chi connectivity index (χ3v) is 2.98. The van der Waals surface area contributed by atoms with Crippen LogP contribution in [0, 0.1) is 0 Å². The Morgan fingerprint density at radius 1 is 1.15 bits per heavy atom. The van der Waals surface area contributed by atoms with Gasteiger partial charge in [0, 0.05) is 24.3 Å². The minimum absolute atomic E-state index is 0.0593. The van der Waals surface area contributed by atoms with Gasteiger partial charge in [-0.2, -0.15) is 0 Å². The van der Waals surface area contributed by atoms with E-state index >= 15 is 0 Å². The van der Waals surface area contributed by atoms with E-state index < -0.39 is 0 Å². The fraction of sp³-hybridized carbons (Fsp3) is 0.625. The van der Waals surface area contributed by atoms with Gasteiger partial charge >= 0.3 is 0 Å². The smallest absolute Gasteiger partial charge is 0.142 e. The third-order valence-electron chi connectivity index (χ3n) is 2.68. The third kappa shape index (κ3) is 6.60. The van der Waals surface area contributed by atoms with Crippen LogP contribution in [0.2, 0.25) is 5.02 Å². The van der Waals surface area contributed by atoms with Crippen molar-refractivity contribution in [1.29, 1.82) is 0 Å². The number of nitrogens with one attached hydrogen (secondary N) is 1. The summed E-state index contributed by atoms with van der Waals surface area (Å²) in [6, 6.07) is 5.83. The molecule has 0 radical (unpaired) electrons. The highest BCUT2D eigenvalue weighted by Gasteiger charge is 2.13. The van der Waals surface area contributed by atoms with Crippen LogP contribution in [0.3, 0.4) is 0 Å². The molecule has 1 aromatic rings. The SMILES string of the molecule is CCCOCCOc1c(Cl)cccc1CNC(C)(C)C. The van der Waals surface area contributed by atoms with Crippen LogP contribution in [0.1, 0.15) is 39.7 Å². The van der Waals surface area contributed by atoms with Crippen molar-refractivity contribution in [3.63, 3.8) is 0 Å². The van der Waals surface area contributed by atoms with Crippen molar-refractivity contribution in [2.45, 2.75) is 46.2 Å². The molecule has 3 nitrogen and oxygen atoms in total. The number of rotatable bonds is 8. The first-order valence-electron chi connectivity index (χ1n) is 7.17. The van der Waals surface area contributed by atoms with Gasteiger partial charge in [-0.25, -0.2) is 0 Å². The average Bonchev–Trinajstić information content (AvgIpc) is 2.37. The Morgan fingerprint density at radius 3 is 2.55 bits per heavy atom. The van der Waals surface area contributed by atoms with Crippen LogP contribution in [0.25, 0.3) is 0 Å². The number of halogens is 1. The second kappa shape index (κ2) is 8.50. The molecule has 1 aromatic carbocycles. The van der Waals surface area contributed by atoms with Crippen molar-refractivity contribution in [3.8, 4) is 5.75 Å². The van der Waals surface area contributed by atoms with Gasteiger partial charge in [-0.15, -0.1) is 0 Å². The zero-order valence-electron chi connectivity index (χ0n) is 13.0. The van der Waals surface area contributed by atoms with Gasteiger partial charge in [-0.05, 0) is 33.3 Å². The molecule has 0 aliphatic rings. The van der Waals surface area contributed by atoms with Crippen molar-refractivity contribution in [2.75, 3.05) is 19.8 Å². The van der Waals surface area contributed by atoms with Gasteiger partial charge in [0.1, 0.15) is 12.4 Å². The molecule has 4 heteroatoms. The standard InChI is InChI=1S/C16H26ClNO2/c1-5-9-19-10-11-20-15-13(7-6-8-14(15)17)12-18-16(2,3)4/h6-8,18H,5,9-12H2,1-4H3. The van der Waals surface area contributed by atoms with E-state index in [1.165, 1.54) is 0 Å². The molecule has 0 aliphatic carbocycles. The predicted octanol–water partition coefficient (Wildman–Crippen LogP) is 4.03. The summed E-state index contributed by atoms with van der Waals surface area (Å²) in [7, 11) is 0. The summed E-state index contributed by atoms with van der Waals surface area (Å²) in [5.74, 6) is 0.756. The van der Waals surface area contributed by atoms with Crippen molar-refractivity contribution in [3.05, 3.63) is 28.8 Å². The summed E-state index contributed by atoms with van der Waals surface area (Å²) in [6.07, 6.45) is 1.02. The van der Waals surface area contributed by atoms with Gasteiger partial charge in [-0.3, -0.25) is 0 Å². The highest BCUT2D eigenvalue weighted by Crippen LogP contribution is 2.29. The Balaban J connectivity index is 2.59. The average molecular weight is 300 g/mol. The first-order valence-corrected chi connectivity index (χ1v) is 7.55. The van der Waals surface area contributed by atoms with Crippen molar-refractivity contribution >= 4 is 11.6 Å².